The molecule has 0 spiro atoms. The topological polar surface area (TPSA) is 38.1 Å². The highest BCUT2D eigenvalue weighted by atomic mass is 35.5. The van der Waals surface area contributed by atoms with Gasteiger partial charge in [-0.2, -0.15) is 13.2 Å². The van der Waals surface area contributed by atoms with Crippen LogP contribution in [0, 0.1) is 6.92 Å². The Bertz CT molecular complexity index is 1070. The van der Waals surface area contributed by atoms with Crippen LogP contribution in [0.4, 0.5) is 13.2 Å². The number of aliphatic hydroxyl groups excluding tert-OH is 1. The first-order valence-electron chi connectivity index (χ1n) is 7.89. The van der Waals surface area contributed by atoms with Crippen molar-refractivity contribution in [1.82, 2.24) is 9.55 Å². The van der Waals surface area contributed by atoms with Gasteiger partial charge in [0.1, 0.15) is 17.1 Å². The van der Waals surface area contributed by atoms with Crippen LogP contribution in [0.1, 0.15) is 28.1 Å². The van der Waals surface area contributed by atoms with E-state index in [1.165, 1.54) is 0 Å². The standard InChI is InChI=1S/C19H15Cl2F3N2O/c1-9-6-16(19(22,23)24)25-18-13(9)7-11(26(18)3)8-14-15(20)5-4-12(10(2)27)17(14)21/h4-7,27H,2,8H2,1,3H3. The first-order chi connectivity index (χ1) is 12.5. The molecule has 1 aromatic carbocycles. The Hall–Kier alpha value is -2.18. The van der Waals surface area contributed by atoms with Crippen molar-refractivity contribution >= 4 is 40.0 Å². The molecule has 1 N–H and O–H groups in total. The highest BCUT2D eigenvalue weighted by molar-refractivity contribution is 6.37. The first kappa shape index (κ1) is 19.6. The Kier molecular flexibility index (Phi) is 4.91. The van der Waals surface area contributed by atoms with Gasteiger partial charge in [0, 0.05) is 35.1 Å². The molecule has 0 aliphatic rings. The average molecular weight is 415 g/mol. The van der Waals surface area contributed by atoms with Gasteiger partial charge in [-0.05, 0) is 42.3 Å². The fourth-order valence-electron chi connectivity index (χ4n) is 2.98. The highest BCUT2D eigenvalue weighted by Crippen LogP contribution is 2.35. The molecule has 2 heterocycles. The smallest absolute Gasteiger partial charge is 0.433 e. The zero-order valence-corrected chi connectivity index (χ0v) is 16.0. The number of aryl methyl sites for hydroxylation is 2. The summed E-state index contributed by atoms with van der Waals surface area (Å²) in [6.45, 7) is 5.08. The van der Waals surface area contributed by atoms with Crippen molar-refractivity contribution in [2.75, 3.05) is 0 Å². The number of pyridine rings is 1. The van der Waals surface area contributed by atoms with Gasteiger partial charge in [0.25, 0.3) is 0 Å². The van der Waals surface area contributed by atoms with Crippen LogP contribution in [-0.4, -0.2) is 14.7 Å². The minimum atomic E-state index is -4.52. The molecule has 27 heavy (non-hydrogen) atoms. The minimum Gasteiger partial charge on any atom is -0.508 e. The summed E-state index contributed by atoms with van der Waals surface area (Å²) in [6, 6.07) is 5.94. The number of benzene rings is 1. The van der Waals surface area contributed by atoms with E-state index < -0.39 is 11.9 Å². The number of hydrogen-bond acceptors (Lipinski definition) is 2. The molecule has 8 heteroatoms. The number of alkyl halides is 3. The molecule has 0 amide bonds. The molecule has 142 valence electrons. The molecule has 0 radical (unpaired) electrons. The quantitative estimate of drug-likeness (QED) is 0.508. The van der Waals surface area contributed by atoms with Gasteiger partial charge < -0.3 is 9.67 Å². The van der Waals surface area contributed by atoms with Crippen molar-refractivity contribution in [2.45, 2.75) is 19.5 Å². The Morgan fingerprint density at radius 2 is 1.93 bits per heavy atom. The van der Waals surface area contributed by atoms with Gasteiger partial charge in [-0.15, -0.1) is 0 Å². The number of fused-ring (bicyclic) bond motifs is 1. The summed E-state index contributed by atoms with van der Waals surface area (Å²) in [6.07, 6.45) is -4.27. The average Bonchev–Trinajstić information content (AvgIpc) is 2.87. The third-order valence-electron chi connectivity index (χ3n) is 4.45. The molecule has 2 aromatic heterocycles. The van der Waals surface area contributed by atoms with Crippen LogP contribution < -0.4 is 0 Å². The van der Waals surface area contributed by atoms with Crippen molar-refractivity contribution in [1.29, 1.82) is 0 Å². The molecule has 0 aliphatic heterocycles. The highest BCUT2D eigenvalue weighted by Gasteiger charge is 2.33. The molecule has 3 rings (SSSR count). The van der Waals surface area contributed by atoms with Crippen LogP contribution in [0.2, 0.25) is 10.0 Å². The maximum atomic E-state index is 13.1. The Labute approximate surface area is 163 Å². The molecule has 3 nitrogen and oxygen atoms in total. The Morgan fingerprint density at radius 3 is 2.52 bits per heavy atom. The van der Waals surface area contributed by atoms with Crippen molar-refractivity contribution in [3.63, 3.8) is 0 Å². The first-order valence-corrected chi connectivity index (χ1v) is 8.64. The molecule has 0 saturated carbocycles. The molecular weight excluding hydrogens is 400 g/mol. The van der Waals surface area contributed by atoms with Crippen LogP contribution in [0.25, 0.3) is 16.8 Å². The van der Waals surface area contributed by atoms with E-state index in [1.54, 1.807) is 36.7 Å². The van der Waals surface area contributed by atoms with Crippen molar-refractivity contribution in [3.05, 3.63) is 69.0 Å². The van der Waals surface area contributed by atoms with Gasteiger partial charge in [0.2, 0.25) is 0 Å². The van der Waals surface area contributed by atoms with E-state index in [9.17, 15) is 18.3 Å². The maximum absolute atomic E-state index is 13.1. The normalized spacial score (nSPS) is 12.0. The fraction of sp³-hybridized carbons (Fsp3) is 0.211. The summed E-state index contributed by atoms with van der Waals surface area (Å²) in [5.74, 6) is -0.192. The van der Waals surface area contributed by atoms with E-state index in [2.05, 4.69) is 11.6 Å². The lowest BCUT2D eigenvalue weighted by Crippen LogP contribution is -2.09. The van der Waals surface area contributed by atoms with E-state index in [0.717, 1.165) is 6.07 Å². The summed E-state index contributed by atoms with van der Waals surface area (Å²) in [7, 11) is 1.64. The molecule has 0 saturated heterocycles. The number of nitrogens with zero attached hydrogens (tertiary/aromatic N) is 2. The Morgan fingerprint density at radius 1 is 1.26 bits per heavy atom. The van der Waals surface area contributed by atoms with Crippen molar-refractivity contribution in [3.8, 4) is 0 Å². The van der Waals surface area contributed by atoms with E-state index in [1.807, 2.05) is 0 Å². The lowest BCUT2D eigenvalue weighted by atomic mass is 10.0. The molecule has 0 atom stereocenters. The third kappa shape index (κ3) is 3.51. The molecule has 0 fully saturated rings. The lowest BCUT2D eigenvalue weighted by molar-refractivity contribution is -0.141. The second-order valence-electron chi connectivity index (χ2n) is 6.27. The SMILES string of the molecule is C=C(O)c1ccc(Cl)c(Cc2cc3c(C)cc(C(F)(F)F)nc3n2C)c1Cl. The predicted molar refractivity (Wildman–Crippen MR) is 101 cm³/mol. The van der Waals surface area contributed by atoms with E-state index in [-0.39, 0.29) is 22.8 Å². The van der Waals surface area contributed by atoms with Crippen LogP contribution >= 0.6 is 23.2 Å². The predicted octanol–water partition coefficient (Wildman–Crippen LogP) is 6.33. The molecule has 0 aliphatic carbocycles. The van der Waals surface area contributed by atoms with Crippen molar-refractivity contribution in [2.24, 2.45) is 7.05 Å². The second kappa shape index (κ2) is 6.77. The van der Waals surface area contributed by atoms with Gasteiger partial charge >= 0.3 is 6.18 Å². The zero-order chi connectivity index (χ0) is 20.1. The lowest BCUT2D eigenvalue weighted by Gasteiger charge is -2.12. The summed E-state index contributed by atoms with van der Waals surface area (Å²) >= 11 is 12.6. The Balaban J connectivity index is 2.15. The molecule has 0 bridgehead atoms. The van der Waals surface area contributed by atoms with Crippen molar-refractivity contribution < 1.29 is 18.3 Å². The number of halogens is 5. The fourth-order valence-corrected chi connectivity index (χ4v) is 3.59. The molecule has 3 aromatic rings. The van der Waals surface area contributed by atoms with E-state index in [4.69, 9.17) is 23.2 Å². The van der Waals surface area contributed by atoms with Gasteiger partial charge in [-0.1, -0.05) is 29.8 Å². The second-order valence-corrected chi connectivity index (χ2v) is 7.05. The van der Waals surface area contributed by atoms with Crippen LogP contribution in [0.5, 0.6) is 0 Å². The number of aromatic nitrogens is 2. The minimum absolute atomic E-state index is 0.192. The summed E-state index contributed by atoms with van der Waals surface area (Å²) < 4.78 is 40.8. The van der Waals surface area contributed by atoms with Gasteiger partial charge in [-0.25, -0.2) is 4.98 Å². The summed E-state index contributed by atoms with van der Waals surface area (Å²) in [4.78, 5) is 3.78. The van der Waals surface area contributed by atoms with Crippen LogP contribution in [-0.2, 0) is 19.6 Å². The van der Waals surface area contributed by atoms with Gasteiger partial charge in [0.05, 0.1) is 5.02 Å². The number of aliphatic hydroxyl groups is 1. The zero-order valence-electron chi connectivity index (χ0n) is 14.5. The van der Waals surface area contributed by atoms with E-state index in [0.29, 0.717) is 32.8 Å². The summed E-state index contributed by atoms with van der Waals surface area (Å²) in [5.41, 5.74) is 1.35. The number of rotatable bonds is 3. The summed E-state index contributed by atoms with van der Waals surface area (Å²) in [5, 5.41) is 10.9. The third-order valence-corrected chi connectivity index (χ3v) is 5.24. The monoisotopic (exact) mass is 414 g/mol. The molecule has 0 unspecified atom stereocenters. The van der Waals surface area contributed by atoms with Crippen LogP contribution in [0.15, 0.2) is 30.8 Å². The van der Waals surface area contributed by atoms with Crippen LogP contribution in [0.3, 0.4) is 0 Å². The van der Waals surface area contributed by atoms with Gasteiger partial charge in [-0.3, -0.25) is 0 Å². The number of hydrogen-bond donors (Lipinski definition) is 1. The maximum Gasteiger partial charge on any atom is 0.433 e. The molecular formula is C19H15Cl2F3N2O. The largest absolute Gasteiger partial charge is 0.508 e. The van der Waals surface area contributed by atoms with E-state index >= 15 is 0 Å². The van der Waals surface area contributed by atoms with Gasteiger partial charge in [0.15, 0.2) is 0 Å².